The van der Waals surface area contributed by atoms with Gasteiger partial charge in [-0.2, -0.15) is 0 Å². The van der Waals surface area contributed by atoms with Crippen molar-refractivity contribution >= 4 is 11.9 Å². The minimum absolute atomic E-state index is 0.0488. The van der Waals surface area contributed by atoms with Crippen LogP contribution in [0.3, 0.4) is 0 Å². The largest absolute Gasteiger partial charge is 0.480 e. The first-order chi connectivity index (χ1) is 8.49. The smallest absolute Gasteiger partial charge is 0.326 e. The fourth-order valence-electron chi connectivity index (χ4n) is 2.12. The number of hydrogen-bond acceptors (Lipinski definition) is 3. The van der Waals surface area contributed by atoms with E-state index in [0.29, 0.717) is 13.0 Å². The monoisotopic (exact) mass is 257 g/mol. The topological polar surface area (TPSA) is 75.6 Å². The van der Waals surface area contributed by atoms with Gasteiger partial charge in [-0.15, -0.1) is 0 Å². The zero-order valence-corrected chi connectivity index (χ0v) is 11.1. The molecule has 5 heteroatoms. The number of carboxylic acids is 1. The van der Waals surface area contributed by atoms with Gasteiger partial charge >= 0.3 is 5.97 Å². The third-order valence-electron chi connectivity index (χ3n) is 3.03. The molecule has 0 aromatic carbocycles. The van der Waals surface area contributed by atoms with Crippen LogP contribution in [0.15, 0.2) is 0 Å². The van der Waals surface area contributed by atoms with Gasteiger partial charge < -0.3 is 15.2 Å². The van der Waals surface area contributed by atoms with Crippen LogP contribution in [0.4, 0.5) is 0 Å². The minimum atomic E-state index is -0.971. The molecule has 1 aliphatic heterocycles. The second-order valence-electron chi connectivity index (χ2n) is 5.28. The molecule has 1 aliphatic rings. The summed E-state index contributed by atoms with van der Waals surface area (Å²) in [7, 11) is 0. The Bertz CT molecular complexity index is 285. The lowest BCUT2D eigenvalue weighted by Crippen LogP contribution is -2.43. The average molecular weight is 257 g/mol. The lowest BCUT2D eigenvalue weighted by Gasteiger charge is -2.23. The van der Waals surface area contributed by atoms with Gasteiger partial charge in [0.25, 0.3) is 0 Å². The van der Waals surface area contributed by atoms with Gasteiger partial charge in [0.1, 0.15) is 6.04 Å². The molecule has 18 heavy (non-hydrogen) atoms. The van der Waals surface area contributed by atoms with Crippen molar-refractivity contribution in [2.24, 2.45) is 5.92 Å². The first-order valence-electron chi connectivity index (χ1n) is 6.62. The van der Waals surface area contributed by atoms with Crippen molar-refractivity contribution in [3.05, 3.63) is 0 Å². The normalized spacial score (nSPS) is 21.6. The Morgan fingerprint density at radius 1 is 1.39 bits per heavy atom. The van der Waals surface area contributed by atoms with Crippen LogP contribution in [-0.2, 0) is 14.3 Å². The highest BCUT2D eigenvalue weighted by atomic mass is 16.5. The highest BCUT2D eigenvalue weighted by molar-refractivity contribution is 5.83. The fraction of sp³-hybridized carbons (Fsp3) is 0.846. The van der Waals surface area contributed by atoms with E-state index in [9.17, 15) is 9.59 Å². The molecule has 1 rings (SSSR count). The van der Waals surface area contributed by atoms with E-state index in [2.05, 4.69) is 5.32 Å². The van der Waals surface area contributed by atoms with Crippen LogP contribution >= 0.6 is 0 Å². The molecule has 0 aromatic heterocycles. The summed E-state index contributed by atoms with van der Waals surface area (Å²) in [6.45, 7) is 4.57. The zero-order valence-electron chi connectivity index (χ0n) is 11.1. The summed E-state index contributed by atoms with van der Waals surface area (Å²) in [6.07, 6.45) is 3.67. The molecule has 5 nitrogen and oxygen atoms in total. The molecule has 0 spiro atoms. The Labute approximate surface area is 108 Å². The maximum Gasteiger partial charge on any atom is 0.326 e. The molecule has 2 N–H and O–H groups in total. The van der Waals surface area contributed by atoms with E-state index < -0.39 is 12.0 Å². The van der Waals surface area contributed by atoms with E-state index in [4.69, 9.17) is 9.84 Å². The van der Waals surface area contributed by atoms with Crippen LogP contribution in [0.1, 0.15) is 46.0 Å². The molecule has 0 aliphatic carbocycles. The van der Waals surface area contributed by atoms with Gasteiger partial charge in [0.05, 0.1) is 12.5 Å². The van der Waals surface area contributed by atoms with Gasteiger partial charge in [-0.1, -0.05) is 13.8 Å². The summed E-state index contributed by atoms with van der Waals surface area (Å²) in [5.74, 6) is -0.964. The number of nitrogens with one attached hydrogen (secondary N) is 1. The lowest BCUT2D eigenvalue weighted by molar-refractivity contribution is -0.142. The number of aliphatic carboxylic acids is 1. The van der Waals surface area contributed by atoms with E-state index in [0.717, 1.165) is 19.3 Å². The number of carboxylic acid groups (broad SMARTS) is 1. The number of carbonyl (C=O) groups is 2. The molecule has 1 saturated heterocycles. The molecule has 0 aromatic rings. The third kappa shape index (κ3) is 5.49. The van der Waals surface area contributed by atoms with Crippen molar-refractivity contribution < 1.29 is 19.4 Å². The van der Waals surface area contributed by atoms with Crippen LogP contribution in [0, 0.1) is 5.92 Å². The van der Waals surface area contributed by atoms with E-state index in [1.807, 2.05) is 13.8 Å². The molecular formula is C13H23NO4. The van der Waals surface area contributed by atoms with Crippen molar-refractivity contribution in [1.82, 2.24) is 5.32 Å². The van der Waals surface area contributed by atoms with Gasteiger partial charge in [-0.3, -0.25) is 4.79 Å². The van der Waals surface area contributed by atoms with Gasteiger partial charge in [-0.05, 0) is 31.6 Å². The number of carbonyl (C=O) groups excluding carboxylic acids is 1. The van der Waals surface area contributed by atoms with E-state index in [-0.39, 0.29) is 24.3 Å². The Balaban J connectivity index is 2.37. The standard InChI is InChI=1S/C13H23NO4/c1-9(2)7-11(13(16)17)14-12(15)8-10-5-3-4-6-18-10/h9-11H,3-8H2,1-2H3,(H,14,15)(H,16,17). The van der Waals surface area contributed by atoms with Crippen molar-refractivity contribution in [1.29, 1.82) is 0 Å². The second-order valence-corrected chi connectivity index (χ2v) is 5.28. The Morgan fingerprint density at radius 3 is 2.61 bits per heavy atom. The number of amides is 1. The Hall–Kier alpha value is -1.10. The van der Waals surface area contributed by atoms with E-state index in [1.165, 1.54) is 0 Å². The fourth-order valence-corrected chi connectivity index (χ4v) is 2.12. The van der Waals surface area contributed by atoms with Gasteiger partial charge in [0, 0.05) is 6.61 Å². The molecule has 0 bridgehead atoms. The zero-order chi connectivity index (χ0) is 13.5. The predicted octanol–water partition coefficient (Wildman–Crippen LogP) is 1.56. The molecule has 2 unspecified atom stereocenters. The summed E-state index contributed by atoms with van der Waals surface area (Å²) in [5, 5.41) is 11.6. The molecule has 104 valence electrons. The van der Waals surface area contributed by atoms with Crippen molar-refractivity contribution in [3.63, 3.8) is 0 Å². The van der Waals surface area contributed by atoms with Crippen LogP contribution < -0.4 is 5.32 Å². The highest BCUT2D eigenvalue weighted by Crippen LogP contribution is 2.15. The van der Waals surface area contributed by atoms with Gasteiger partial charge in [-0.25, -0.2) is 4.79 Å². The van der Waals surface area contributed by atoms with E-state index >= 15 is 0 Å². The Kier molecular flexibility index (Phi) is 6.12. The lowest BCUT2D eigenvalue weighted by atomic mass is 10.0. The van der Waals surface area contributed by atoms with Gasteiger partial charge in [0.2, 0.25) is 5.91 Å². The quantitative estimate of drug-likeness (QED) is 0.757. The predicted molar refractivity (Wildman–Crippen MR) is 67.2 cm³/mol. The molecule has 1 fully saturated rings. The molecule has 1 amide bonds. The van der Waals surface area contributed by atoms with Crippen LogP contribution in [0.5, 0.6) is 0 Å². The number of hydrogen-bond donors (Lipinski definition) is 2. The average Bonchev–Trinajstić information content (AvgIpc) is 2.28. The van der Waals surface area contributed by atoms with E-state index in [1.54, 1.807) is 0 Å². The summed E-state index contributed by atoms with van der Waals surface area (Å²) in [6, 6.07) is -0.791. The maximum absolute atomic E-state index is 11.8. The molecule has 0 radical (unpaired) electrons. The SMILES string of the molecule is CC(C)CC(NC(=O)CC1CCCCO1)C(=O)O. The van der Waals surface area contributed by atoms with Gasteiger partial charge in [0.15, 0.2) is 0 Å². The second kappa shape index (κ2) is 7.36. The number of ether oxygens (including phenoxy) is 1. The highest BCUT2D eigenvalue weighted by Gasteiger charge is 2.23. The first-order valence-corrected chi connectivity index (χ1v) is 6.62. The van der Waals surface area contributed by atoms with Crippen LogP contribution in [0.2, 0.25) is 0 Å². The Morgan fingerprint density at radius 2 is 2.11 bits per heavy atom. The van der Waals surface area contributed by atoms with Crippen molar-refractivity contribution in [3.8, 4) is 0 Å². The van der Waals surface area contributed by atoms with Crippen LogP contribution in [-0.4, -0.2) is 35.7 Å². The maximum atomic E-state index is 11.8. The first kappa shape index (κ1) is 15.0. The summed E-state index contributed by atoms with van der Waals surface area (Å²) < 4.78 is 5.46. The summed E-state index contributed by atoms with van der Waals surface area (Å²) >= 11 is 0. The van der Waals surface area contributed by atoms with Crippen molar-refractivity contribution in [2.75, 3.05) is 6.61 Å². The number of rotatable bonds is 6. The summed E-state index contributed by atoms with van der Waals surface area (Å²) in [4.78, 5) is 22.8. The molecular weight excluding hydrogens is 234 g/mol. The van der Waals surface area contributed by atoms with Crippen LogP contribution in [0.25, 0.3) is 0 Å². The molecule has 2 atom stereocenters. The third-order valence-corrected chi connectivity index (χ3v) is 3.03. The molecule has 1 heterocycles. The minimum Gasteiger partial charge on any atom is -0.480 e. The van der Waals surface area contributed by atoms with Crippen molar-refractivity contribution in [2.45, 2.75) is 58.1 Å². The summed E-state index contributed by atoms with van der Waals surface area (Å²) in [5.41, 5.74) is 0. The molecule has 0 saturated carbocycles.